The van der Waals surface area contributed by atoms with Crippen LogP contribution in [0.4, 0.5) is 14.5 Å². The minimum absolute atomic E-state index is 0.0992. The molecule has 0 saturated heterocycles. The number of nitrogens with zero attached hydrogens (tertiary/aromatic N) is 1. The second-order valence-corrected chi connectivity index (χ2v) is 12.2. The number of para-hydroxylation sites is 1. The molecule has 1 atom stereocenters. The topological polar surface area (TPSA) is 95.5 Å². The van der Waals surface area contributed by atoms with Gasteiger partial charge in [-0.1, -0.05) is 57.2 Å². The molecule has 2 rings (SSSR count). The quantitative estimate of drug-likeness (QED) is 0.248. The van der Waals surface area contributed by atoms with Crippen LogP contribution in [0.15, 0.2) is 54.6 Å². The van der Waals surface area contributed by atoms with E-state index >= 15 is 8.78 Å². The summed E-state index contributed by atoms with van der Waals surface area (Å²) in [6.07, 6.45) is -0.0955. The van der Waals surface area contributed by atoms with Crippen molar-refractivity contribution in [2.75, 3.05) is 0 Å². The number of hydrogen-bond donors (Lipinski definition) is 1. The SMILES string of the molecule is CC[Si](CC)(CC)OC(c1ccccc1[N+](=O)[O-])C(F)(F)/C=C/c1ccccc1C(N)=O. The number of rotatable bonds is 11. The lowest BCUT2D eigenvalue weighted by Crippen LogP contribution is -2.42. The molecule has 2 N–H and O–H groups in total. The van der Waals surface area contributed by atoms with Crippen molar-refractivity contribution in [3.63, 3.8) is 0 Å². The largest absolute Gasteiger partial charge is 0.404 e. The van der Waals surface area contributed by atoms with E-state index in [-0.39, 0.29) is 16.7 Å². The third-order valence-electron chi connectivity index (χ3n) is 5.78. The fraction of sp³-hybridized carbons (Fsp3) is 0.348. The molecule has 2 aromatic carbocycles. The Hall–Kier alpha value is -2.91. The summed E-state index contributed by atoms with van der Waals surface area (Å²) < 4.78 is 37.4. The first-order valence-corrected chi connectivity index (χ1v) is 13.0. The molecule has 0 aromatic heterocycles. The maximum Gasteiger partial charge on any atom is 0.295 e. The molecular formula is C23H28F2N2O4Si. The number of carbonyl (C=O) groups excluding carboxylic acids is 1. The maximum atomic E-state index is 15.6. The zero-order valence-electron chi connectivity index (χ0n) is 18.4. The standard InChI is InChI=1S/C23H28F2N2O4Si/c1-4-32(5-2,6-3)31-21(19-13-9-10-14-20(19)27(29)30)23(24,25)16-15-17-11-7-8-12-18(17)22(26)28/h7-16,21H,4-6H2,1-3H3,(H2,26,28)/b16-15+. The van der Waals surface area contributed by atoms with E-state index in [0.717, 1.165) is 6.08 Å². The van der Waals surface area contributed by atoms with Crippen molar-refractivity contribution in [2.45, 2.75) is 50.9 Å². The third kappa shape index (κ3) is 5.66. The van der Waals surface area contributed by atoms with Crippen molar-refractivity contribution in [1.29, 1.82) is 0 Å². The van der Waals surface area contributed by atoms with Crippen LogP contribution < -0.4 is 5.73 Å². The smallest absolute Gasteiger partial charge is 0.295 e. The minimum atomic E-state index is -3.59. The van der Waals surface area contributed by atoms with E-state index in [1.807, 2.05) is 20.8 Å². The van der Waals surface area contributed by atoms with E-state index in [4.69, 9.17) is 10.2 Å². The van der Waals surface area contributed by atoms with Gasteiger partial charge in [-0.25, -0.2) is 0 Å². The molecule has 1 unspecified atom stereocenters. The first kappa shape index (κ1) is 25.3. The molecule has 0 saturated carbocycles. The molecule has 2 aromatic rings. The van der Waals surface area contributed by atoms with Crippen LogP contribution in [0.2, 0.25) is 18.1 Å². The van der Waals surface area contributed by atoms with Gasteiger partial charge in [0.1, 0.15) is 6.10 Å². The summed E-state index contributed by atoms with van der Waals surface area (Å²) in [5, 5.41) is 11.6. The zero-order chi connectivity index (χ0) is 23.9. The van der Waals surface area contributed by atoms with Crippen molar-refractivity contribution in [1.82, 2.24) is 0 Å². The van der Waals surface area contributed by atoms with Crippen LogP contribution in [0.3, 0.4) is 0 Å². The van der Waals surface area contributed by atoms with E-state index in [0.29, 0.717) is 24.2 Å². The van der Waals surface area contributed by atoms with Crippen molar-refractivity contribution in [3.8, 4) is 0 Å². The fourth-order valence-corrected chi connectivity index (χ4v) is 6.41. The van der Waals surface area contributed by atoms with Crippen molar-refractivity contribution < 1.29 is 22.9 Å². The van der Waals surface area contributed by atoms with Crippen molar-refractivity contribution in [2.24, 2.45) is 5.73 Å². The van der Waals surface area contributed by atoms with Gasteiger partial charge in [0.05, 0.1) is 10.5 Å². The van der Waals surface area contributed by atoms with Crippen molar-refractivity contribution >= 4 is 26.0 Å². The molecule has 9 heteroatoms. The van der Waals surface area contributed by atoms with Crippen LogP contribution >= 0.6 is 0 Å². The van der Waals surface area contributed by atoms with Gasteiger partial charge in [-0.15, -0.1) is 0 Å². The predicted octanol–water partition coefficient (Wildman–Crippen LogP) is 6.11. The Bertz CT molecular complexity index is 985. The Morgan fingerprint density at radius 3 is 2.25 bits per heavy atom. The molecule has 0 heterocycles. The van der Waals surface area contributed by atoms with Crippen LogP contribution in [0.5, 0.6) is 0 Å². The first-order valence-electron chi connectivity index (χ1n) is 10.5. The van der Waals surface area contributed by atoms with Crippen LogP contribution in [0.25, 0.3) is 6.08 Å². The Kier molecular flexibility index (Phi) is 8.40. The average Bonchev–Trinajstić information content (AvgIpc) is 2.79. The number of halogens is 2. The summed E-state index contributed by atoms with van der Waals surface area (Å²) in [5.74, 6) is -4.33. The number of alkyl halides is 2. The minimum Gasteiger partial charge on any atom is -0.404 e. The molecule has 1 amide bonds. The summed E-state index contributed by atoms with van der Waals surface area (Å²) in [6, 6.07) is 13.3. The molecule has 0 fully saturated rings. The maximum absolute atomic E-state index is 15.6. The van der Waals surface area contributed by atoms with E-state index in [1.165, 1.54) is 36.4 Å². The summed E-state index contributed by atoms with van der Waals surface area (Å²) in [7, 11) is -2.58. The number of benzene rings is 2. The lowest BCUT2D eigenvalue weighted by Gasteiger charge is -2.36. The van der Waals surface area contributed by atoms with Gasteiger partial charge in [0.25, 0.3) is 11.6 Å². The number of nitro benzene ring substituents is 1. The van der Waals surface area contributed by atoms with Gasteiger partial charge in [0.15, 0.2) is 8.32 Å². The van der Waals surface area contributed by atoms with E-state index in [2.05, 4.69) is 0 Å². The van der Waals surface area contributed by atoms with Gasteiger partial charge >= 0.3 is 0 Å². The van der Waals surface area contributed by atoms with Crippen LogP contribution in [-0.2, 0) is 4.43 Å². The highest BCUT2D eigenvalue weighted by molar-refractivity contribution is 6.73. The predicted molar refractivity (Wildman–Crippen MR) is 123 cm³/mol. The van der Waals surface area contributed by atoms with E-state index < -0.39 is 36.9 Å². The molecule has 0 aliphatic heterocycles. The number of carbonyl (C=O) groups is 1. The molecule has 0 radical (unpaired) electrons. The number of nitro groups is 1. The molecule has 0 bridgehead atoms. The van der Waals surface area contributed by atoms with Gasteiger partial charge in [0.2, 0.25) is 5.91 Å². The Balaban J connectivity index is 2.61. The van der Waals surface area contributed by atoms with Gasteiger partial charge in [-0.2, -0.15) is 8.78 Å². The molecule has 0 aliphatic carbocycles. The summed E-state index contributed by atoms with van der Waals surface area (Å²) in [6.45, 7) is 5.69. The third-order valence-corrected chi connectivity index (χ3v) is 10.4. The summed E-state index contributed by atoms with van der Waals surface area (Å²) in [5.41, 5.74) is 5.07. The van der Waals surface area contributed by atoms with Gasteiger partial charge in [0, 0.05) is 11.6 Å². The lowest BCUT2D eigenvalue weighted by molar-refractivity contribution is -0.386. The normalized spacial score (nSPS) is 13.3. The Morgan fingerprint density at radius 2 is 1.69 bits per heavy atom. The molecule has 0 aliphatic rings. The molecule has 32 heavy (non-hydrogen) atoms. The number of primary amides is 1. The molecular weight excluding hydrogens is 434 g/mol. The second-order valence-electron chi connectivity index (χ2n) is 7.52. The highest BCUT2D eigenvalue weighted by Crippen LogP contribution is 2.43. The van der Waals surface area contributed by atoms with Crippen LogP contribution in [0, 0.1) is 10.1 Å². The zero-order valence-corrected chi connectivity index (χ0v) is 19.4. The monoisotopic (exact) mass is 462 g/mol. The number of hydrogen-bond acceptors (Lipinski definition) is 4. The molecule has 172 valence electrons. The number of amides is 1. The highest BCUT2D eigenvalue weighted by Gasteiger charge is 2.46. The Morgan fingerprint density at radius 1 is 1.12 bits per heavy atom. The second kappa shape index (κ2) is 10.6. The first-order chi connectivity index (χ1) is 15.1. The van der Waals surface area contributed by atoms with Crippen LogP contribution in [-0.4, -0.2) is 25.1 Å². The Labute approximate surface area is 187 Å². The fourth-order valence-electron chi connectivity index (χ4n) is 3.63. The molecule has 6 nitrogen and oxygen atoms in total. The van der Waals surface area contributed by atoms with Gasteiger partial charge in [-0.05, 0) is 41.9 Å². The highest BCUT2D eigenvalue weighted by atomic mass is 28.4. The average molecular weight is 463 g/mol. The van der Waals surface area contributed by atoms with E-state index in [1.54, 1.807) is 12.1 Å². The van der Waals surface area contributed by atoms with Gasteiger partial charge < -0.3 is 10.2 Å². The lowest BCUT2D eigenvalue weighted by atomic mass is 9.99. The van der Waals surface area contributed by atoms with Crippen LogP contribution in [0.1, 0.15) is 48.4 Å². The van der Waals surface area contributed by atoms with E-state index in [9.17, 15) is 14.9 Å². The number of nitrogens with two attached hydrogens (primary N) is 1. The summed E-state index contributed by atoms with van der Waals surface area (Å²) >= 11 is 0. The van der Waals surface area contributed by atoms with Gasteiger partial charge in [-0.3, -0.25) is 14.9 Å². The van der Waals surface area contributed by atoms with Crippen molar-refractivity contribution in [3.05, 3.63) is 81.4 Å². The molecule has 0 spiro atoms. The summed E-state index contributed by atoms with van der Waals surface area (Å²) in [4.78, 5) is 22.5.